The van der Waals surface area contributed by atoms with E-state index >= 15 is 0 Å². The van der Waals surface area contributed by atoms with Gasteiger partial charge in [0.1, 0.15) is 0 Å². The van der Waals surface area contributed by atoms with Crippen LogP contribution in [0.4, 0.5) is 0 Å². The number of aliphatic carboxylic acids is 1. The molecule has 26 heavy (non-hydrogen) atoms. The molecule has 2 heterocycles. The molecule has 0 spiro atoms. The Kier molecular flexibility index (Phi) is 6.84. The topological polar surface area (TPSA) is 66.8 Å². The number of piperidine rings is 1. The van der Waals surface area contributed by atoms with E-state index in [2.05, 4.69) is 0 Å². The van der Waals surface area contributed by atoms with Crippen molar-refractivity contribution in [3.8, 4) is 0 Å². The molecule has 0 aromatic heterocycles. The molecule has 2 aliphatic rings. The van der Waals surface area contributed by atoms with E-state index in [1.165, 1.54) is 0 Å². The lowest BCUT2D eigenvalue weighted by molar-refractivity contribution is -0.145. The minimum Gasteiger partial charge on any atom is -0.481 e. The van der Waals surface area contributed by atoms with E-state index in [0.29, 0.717) is 36.9 Å². The van der Waals surface area contributed by atoms with E-state index in [0.717, 1.165) is 24.2 Å². The molecule has 0 bridgehead atoms. The summed E-state index contributed by atoms with van der Waals surface area (Å²) in [7, 11) is 0. The molecule has 5 nitrogen and oxygen atoms in total. The highest BCUT2D eigenvalue weighted by Gasteiger charge is 2.40. The van der Waals surface area contributed by atoms with Crippen LogP contribution in [0.2, 0.25) is 5.02 Å². The number of carboxylic acids is 1. The zero-order chi connectivity index (χ0) is 18.5. The van der Waals surface area contributed by atoms with Crippen LogP contribution >= 0.6 is 23.4 Å². The molecule has 1 aromatic carbocycles. The third-order valence-electron chi connectivity index (χ3n) is 5.19. The summed E-state index contributed by atoms with van der Waals surface area (Å²) >= 11 is 7.57. The van der Waals surface area contributed by atoms with Gasteiger partial charge in [-0.15, -0.1) is 11.8 Å². The van der Waals surface area contributed by atoms with Gasteiger partial charge in [-0.3, -0.25) is 9.59 Å². The Bertz CT molecular complexity index is 648. The van der Waals surface area contributed by atoms with Gasteiger partial charge in [0.2, 0.25) is 5.91 Å². The first-order valence-electron chi connectivity index (χ1n) is 8.99. The van der Waals surface area contributed by atoms with Gasteiger partial charge in [-0.05, 0) is 42.9 Å². The number of likely N-dealkylation sites (tertiary alicyclic amines) is 1. The fraction of sp³-hybridized carbons (Fsp3) is 0.579. The number of benzene rings is 1. The minimum atomic E-state index is -0.761. The van der Waals surface area contributed by atoms with Gasteiger partial charge in [0.05, 0.1) is 17.8 Å². The van der Waals surface area contributed by atoms with Crippen molar-refractivity contribution in [1.82, 2.24) is 4.90 Å². The largest absolute Gasteiger partial charge is 0.481 e. The average molecular weight is 398 g/mol. The van der Waals surface area contributed by atoms with Gasteiger partial charge in [-0.1, -0.05) is 23.7 Å². The SMILES string of the molecule is O=C(O)C1CCO[C@H]1C1CCN(C(=O)CSCc2cccc(Cl)c2)CC1. The molecule has 1 unspecified atom stereocenters. The van der Waals surface area contributed by atoms with E-state index < -0.39 is 11.9 Å². The predicted octanol–water partition coefficient (Wildman–Crippen LogP) is 3.30. The number of halogens is 1. The molecule has 1 aromatic rings. The number of amides is 1. The summed E-state index contributed by atoms with van der Waals surface area (Å²) in [4.78, 5) is 25.6. The van der Waals surface area contributed by atoms with Crippen molar-refractivity contribution < 1.29 is 19.4 Å². The highest BCUT2D eigenvalue weighted by molar-refractivity contribution is 7.99. The monoisotopic (exact) mass is 397 g/mol. The van der Waals surface area contributed by atoms with Crippen LogP contribution in [-0.2, 0) is 20.1 Å². The van der Waals surface area contributed by atoms with Crippen LogP contribution < -0.4 is 0 Å². The van der Waals surface area contributed by atoms with E-state index in [4.69, 9.17) is 16.3 Å². The Balaban J connectivity index is 1.41. The number of hydrogen-bond acceptors (Lipinski definition) is 4. The first kappa shape index (κ1) is 19.5. The van der Waals surface area contributed by atoms with E-state index in [1.807, 2.05) is 29.2 Å². The molecule has 0 aliphatic carbocycles. The van der Waals surface area contributed by atoms with Crippen molar-refractivity contribution in [3.05, 3.63) is 34.9 Å². The van der Waals surface area contributed by atoms with Gasteiger partial charge >= 0.3 is 5.97 Å². The Morgan fingerprint density at radius 2 is 2.04 bits per heavy atom. The van der Waals surface area contributed by atoms with E-state index in [9.17, 15) is 14.7 Å². The summed E-state index contributed by atoms with van der Waals surface area (Å²) in [6.07, 6.45) is 2.04. The number of carbonyl (C=O) groups excluding carboxylic acids is 1. The molecule has 0 radical (unpaired) electrons. The zero-order valence-corrected chi connectivity index (χ0v) is 16.2. The van der Waals surface area contributed by atoms with Crippen LogP contribution in [0.15, 0.2) is 24.3 Å². The van der Waals surface area contributed by atoms with Gasteiger partial charge in [0.15, 0.2) is 0 Å². The van der Waals surface area contributed by atoms with Crippen LogP contribution in [0.5, 0.6) is 0 Å². The number of nitrogens with zero attached hydrogens (tertiary/aromatic N) is 1. The second-order valence-electron chi connectivity index (χ2n) is 6.91. The summed E-state index contributed by atoms with van der Waals surface area (Å²) in [6.45, 7) is 1.90. The second-order valence-corrected chi connectivity index (χ2v) is 8.33. The molecule has 1 N–H and O–H groups in total. The first-order chi connectivity index (χ1) is 12.5. The van der Waals surface area contributed by atoms with E-state index in [1.54, 1.807) is 11.8 Å². The quantitative estimate of drug-likeness (QED) is 0.797. The number of rotatable bonds is 6. The molecule has 142 valence electrons. The van der Waals surface area contributed by atoms with Crippen LogP contribution in [-0.4, -0.2) is 53.4 Å². The fourth-order valence-corrected chi connectivity index (χ4v) is 4.88. The molecule has 2 fully saturated rings. The summed E-state index contributed by atoms with van der Waals surface area (Å²) in [5.74, 6) is 0.451. The number of ether oxygens (including phenoxy) is 1. The number of hydrogen-bond donors (Lipinski definition) is 1. The van der Waals surface area contributed by atoms with Crippen LogP contribution in [0.1, 0.15) is 24.8 Å². The van der Waals surface area contributed by atoms with Gasteiger partial charge in [-0.2, -0.15) is 0 Å². The predicted molar refractivity (Wildman–Crippen MR) is 102 cm³/mol. The van der Waals surface area contributed by atoms with Gasteiger partial charge in [-0.25, -0.2) is 0 Å². The van der Waals surface area contributed by atoms with Crippen molar-refractivity contribution in [1.29, 1.82) is 0 Å². The third-order valence-corrected chi connectivity index (χ3v) is 6.42. The summed E-state index contributed by atoms with van der Waals surface area (Å²) < 4.78 is 5.69. The van der Waals surface area contributed by atoms with Gasteiger partial charge in [0.25, 0.3) is 0 Å². The van der Waals surface area contributed by atoms with Crippen LogP contribution in [0, 0.1) is 11.8 Å². The highest BCUT2D eigenvalue weighted by atomic mass is 35.5. The molecular weight excluding hydrogens is 374 g/mol. The standard InChI is InChI=1S/C19H24ClNO4S/c20-15-3-1-2-13(10-15)11-26-12-17(22)21-7-4-14(5-8-21)18-16(19(23)24)6-9-25-18/h1-3,10,14,16,18H,4-9,11-12H2,(H,23,24)/t16?,18-/m0/s1. The molecule has 3 rings (SSSR count). The summed E-state index contributed by atoms with van der Waals surface area (Å²) in [5.41, 5.74) is 1.12. The number of carboxylic acid groups (broad SMARTS) is 1. The third kappa shape index (κ3) is 4.93. The lowest BCUT2D eigenvalue weighted by atomic mass is 9.84. The second kappa shape index (κ2) is 9.11. The summed E-state index contributed by atoms with van der Waals surface area (Å²) in [5, 5.41) is 10.0. The maximum Gasteiger partial charge on any atom is 0.309 e. The highest BCUT2D eigenvalue weighted by Crippen LogP contribution is 2.33. The molecule has 2 aliphatic heterocycles. The Labute approximate surface area is 163 Å². The van der Waals surface area contributed by atoms with Gasteiger partial charge < -0.3 is 14.7 Å². The maximum absolute atomic E-state index is 12.4. The van der Waals surface area contributed by atoms with Crippen LogP contribution in [0.25, 0.3) is 0 Å². The van der Waals surface area contributed by atoms with Crippen LogP contribution in [0.3, 0.4) is 0 Å². The minimum absolute atomic E-state index is 0.151. The molecular formula is C19H24ClNO4S. The first-order valence-corrected chi connectivity index (χ1v) is 10.5. The molecule has 7 heteroatoms. The summed E-state index contributed by atoms with van der Waals surface area (Å²) in [6, 6.07) is 7.69. The fourth-order valence-electron chi connectivity index (χ4n) is 3.79. The lowest BCUT2D eigenvalue weighted by Gasteiger charge is -2.35. The lowest BCUT2D eigenvalue weighted by Crippen LogP contribution is -2.43. The van der Waals surface area contributed by atoms with Crippen molar-refractivity contribution in [3.63, 3.8) is 0 Å². The Morgan fingerprint density at radius 3 is 2.73 bits per heavy atom. The molecule has 1 amide bonds. The Hall–Kier alpha value is -1.24. The number of thioether (sulfide) groups is 1. The molecule has 0 saturated carbocycles. The Morgan fingerprint density at radius 1 is 1.27 bits per heavy atom. The van der Waals surface area contributed by atoms with Crippen molar-refractivity contribution >= 4 is 35.2 Å². The number of carbonyl (C=O) groups is 2. The van der Waals surface area contributed by atoms with E-state index in [-0.39, 0.29) is 17.9 Å². The molecule has 2 saturated heterocycles. The molecule has 2 atom stereocenters. The average Bonchev–Trinajstić information content (AvgIpc) is 3.12. The normalized spacial score (nSPS) is 24.0. The van der Waals surface area contributed by atoms with Crippen molar-refractivity contribution in [2.75, 3.05) is 25.4 Å². The smallest absolute Gasteiger partial charge is 0.309 e. The zero-order valence-electron chi connectivity index (χ0n) is 14.6. The van der Waals surface area contributed by atoms with Crippen molar-refractivity contribution in [2.45, 2.75) is 31.1 Å². The van der Waals surface area contributed by atoms with Crippen molar-refractivity contribution in [2.24, 2.45) is 11.8 Å². The van der Waals surface area contributed by atoms with Gasteiger partial charge in [0, 0.05) is 30.5 Å². The maximum atomic E-state index is 12.4.